The smallest absolute Gasteiger partial charge is 0.247 e. The van der Waals surface area contributed by atoms with Crippen LogP contribution in [-0.2, 0) is 4.79 Å². The molecule has 0 saturated carbocycles. The lowest BCUT2D eigenvalue weighted by Gasteiger charge is -2.34. The number of amides is 1. The van der Waals surface area contributed by atoms with E-state index in [2.05, 4.69) is 61.5 Å². The van der Waals surface area contributed by atoms with Crippen LogP contribution in [0.4, 0.5) is 38.9 Å². The molecule has 0 atom stereocenters. The number of likely N-dealkylation sites (N-methyl/N-ethyl adjacent to an activating group) is 1. The molecule has 37 heavy (non-hydrogen) atoms. The van der Waals surface area contributed by atoms with Crippen molar-refractivity contribution < 1.29 is 9.18 Å². The zero-order chi connectivity index (χ0) is 25.8. The highest BCUT2D eigenvalue weighted by atomic mass is 19.1. The number of fused-ring (bicyclic) bond motifs is 1. The zero-order valence-electron chi connectivity index (χ0n) is 20.5. The average Bonchev–Trinajstić information content (AvgIpc) is 2.89. The molecule has 1 fully saturated rings. The van der Waals surface area contributed by atoms with Crippen molar-refractivity contribution in [3.63, 3.8) is 0 Å². The molecule has 0 spiro atoms. The molecule has 5 rings (SSSR count). The minimum atomic E-state index is -0.381. The van der Waals surface area contributed by atoms with E-state index in [1.54, 1.807) is 18.2 Å². The number of rotatable bonds is 7. The molecular formula is C28H28FN7O. The van der Waals surface area contributed by atoms with E-state index in [4.69, 9.17) is 0 Å². The maximum absolute atomic E-state index is 14.1. The lowest BCUT2D eigenvalue weighted by atomic mass is 10.2. The molecule has 188 valence electrons. The number of piperazine rings is 1. The third-order valence-electron chi connectivity index (χ3n) is 6.23. The number of nitrogens with one attached hydrogen (secondary N) is 3. The van der Waals surface area contributed by atoms with Gasteiger partial charge in [-0.2, -0.15) is 4.98 Å². The van der Waals surface area contributed by atoms with E-state index in [0.29, 0.717) is 34.0 Å². The predicted molar refractivity (Wildman–Crippen MR) is 147 cm³/mol. The molecule has 1 saturated heterocycles. The second kappa shape index (κ2) is 10.6. The lowest BCUT2D eigenvalue weighted by Crippen LogP contribution is -2.44. The second-order valence-electron chi connectivity index (χ2n) is 8.92. The summed E-state index contributed by atoms with van der Waals surface area (Å²) in [7, 11) is 2.14. The summed E-state index contributed by atoms with van der Waals surface area (Å²) < 4.78 is 14.1. The van der Waals surface area contributed by atoms with Crippen molar-refractivity contribution in [2.24, 2.45) is 0 Å². The molecule has 1 aromatic heterocycles. The minimum absolute atomic E-state index is 0.301. The summed E-state index contributed by atoms with van der Waals surface area (Å²) >= 11 is 0. The molecule has 0 unspecified atom stereocenters. The molecule has 1 aliphatic heterocycles. The summed E-state index contributed by atoms with van der Waals surface area (Å²) in [6.45, 7) is 7.55. The highest BCUT2D eigenvalue weighted by Crippen LogP contribution is 2.28. The molecule has 4 aromatic rings. The van der Waals surface area contributed by atoms with Crippen molar-refractivity contribution in [1.82, 2.24) is 14.9 Å². The summed E-state index contributed by atoms with van der Waals surface area (Å²) in [5, 5.41) is 9.93. The van der Waals surface area contributed by atoms with Gasteiger partial charge in [-0.05, 0) is 67.7 Å². The van der Waals surface area contributed by atoms with Crippen LogP contribution in [0.5, 0.6) is 0 Å². The number of halogens is 1. The largest absolute Gasteiger partial charge is 0.369 e. The maximum Gasteiger partial charge on any atom is 0.247 e. The fourth-order valence-corrected chi connectivity index (χ4v) is 4.21. The van der Waals surface area contributed by atoms with E-state index in [0.717, 1.165) is 31.9 Å². The SMILES string of the molecule is C=CC(=O)Nc1cccc(Nc2nc(Nc3ccc(N4CCN(C)CC4)cc3)nc3cc(F)ccc23)c1. The summed E-state index contributed by atoms with van der Waals surface area (Å²) in [6.07, 6.45) is 1.21. The van der Waals surface area contributed by atoms with Crippen LogP contribution >= 0.6 is 0 Å². The van der Waals surface area contributed by atoms with Crippen LogP contribution in [0.15, 0.2) is 79.4 Å². The molecule has 0 aliphatic carbocycles. The maximum atomic E-state index is 14.1. The molecular weight excluding hydrogens is 469 g/mol. The summed E-state index contributed by atoms with van der Waals surface area (Å²) in [5.41, 5.74) is 3.77. The van der Waals surface area contributed by atoms with Crippen molar-refractivity contribution in [2.75, 3.05) is 54.1 Å². The van der Waals surface area contributed by atoms with Crippen LogP contribution in [0.2, 0.25) is 0 Å². The van der Waals surface area contributed by atoms with Gasteiger partial charge in [-0.1, -0.05) is 12.6 Å². The Bertz CT molecular complexity index is 1430. The average molecular weight is 498 g/mol. The van der Waals surface area contributed by atoms with Crippen LogP contribution in [0.25, 0.3) is 10.9 Å². The first-order valence-corrected chi connectivity index (χ1v) is 12.1. The monoisotopic (exact) mass is 497 g/mol. The molecule has 0 radical (unpaired) electrons. The standard InChI is InChI=1S/C28H28FN7O/c1-3-26(37)30-21-5-4-6-22(18-21)31-27-24-12-7-19(29)17-25(24)33-28(34-27)32-20-8-10-23(11-9-20)36-15-13-35(2)14-16-36/h3-12,17-18H,1,13-16H2,2H3,(H,30,37)(H2,31,32,33,34). The van der Waals surface area contributed by atoms with Gasteiger partial charge in [-0.3, -0.25) is 4.79 Å². The molecule has 1 amide bonds. The minimum Gasteiger partial charge on any atom is -0.369 e. The fourth-order valence-electron chi connectivity index (χ4n) is 4.21. The Hall–Kier alpha value is -4.50. The first-order chi connectivity index (χ1) is 18.0. The fraction of sp³-hybridized carbons (Fsp3) is 0.179. The molecule has 8 nitrogen and oxygen atoms in total. The van der Waals surface area contributed by atoms with E-state index in [-0.39, 0.29) is 11.7 Å². The zero-order valence-corrected chi connectivity index (χ0v) is 20.5. The number of benzene rings is 3. The van der Waals surface area contributed by atoms with E-state index >= 15 is 0 Å². The topological polar surface area (TPSA) is 85.4 Å². The quantitative estimate of drug-likeness (QED) is 0.305. The number of hydrogen-bond donors (Lipinski definition) is 3. The van der Waals surface area contributed by atoms with Gasteiger partial charge < -0.3 is 25.8 Å². The summed E-state index contributed by atoms with van der Waals surface area (Å²) in [4.78, 5) is 25.6. The second-order valence-corrected chi connectivity index (χ2v) is 8.92. The third-order valence-corrected chi connectivity index (χ3v) is 6.23. The van der Waals surface area contributed by atoms with Gasteiger partial charge in [0.1, 0.15) is 11.6 Å². The Morgan fingerprint density at radius 2 is 1.68 bits per heavy atom. The van der Waals surface area contributed by atoms with Crippen LogP contribution < -0.4 is 20.9 Å². The third kappa shape index (κ3) is 5.84. The van der Waals surface area contributed by atoms with Crippen LogP contribution in [-0.4, -0.2) is 54.0 Å². The van der Waals surface area contributed by atoms with Crippen molar-refractivity contribution in [2.45, 2.75) is 0 Å². The van der Waals surface area contributed by atoms with Gasteiger partial charge in [0.2, 0.25) is 11.9 Å². The van der Waals surface area contributed by atoms with Gasteiger partial charge in [0.15, 0.2) is 0 Å². The number of hydrogen-bond acceptors (Lipinski definition) is 7. The Morgan fingerprint density at radius 1 is 0.919 bits per heavy atom. The Balaban J connectivity index is 1.40. The van der Waals surface area contributed by atoms with E-state index < -0.39 is 0 Å². The van der Waals surface area contributed by atoms with Crippen molar-refractivity contribution in [3.05, 3.63) is 85.2 Å². The molecule has 0 bridgehead atoms. The van der Waals surface area contributed by atoms with Gasteiger partial charge in [0.05, 0.1) is 5.52 Å². The van der Waals surface area contributed by atoms with Crippen LogP contribution in [0.3, 0.4) is 0 Å². The Kier molecular flexibility index (Phi) is 6.96. The van der Waals surface area contributed by atoms with Crippen LogP contribution in [0, 0.1) is 5.82 Å². The number of carbonyl (C=O) groups excluding carboxylic acids is 1. The molecule has 2 heterocycles. The first kappa shape index (κ1) is 24.2. The van der Waals surface area contributed by atoms with Gasteiger partial charge in [0.25, 0.3) is 0 Å². The highest BCUT2D eigenvalue weighted by molar-refractivity contribution is 5.99. The Labute approximate surface area is 214 Å². The lowest BCUT2D eigenvalue weighted by molar-refractivity contribution is -0.111. The number of aromatic nitrogens is 2. The summed E-state index contributed by atoms with van der Waals surface area (Å²) in [6, 6.07) is 19.8. The number of nitrogens with zero attached hydrogens (tertiary/aromatic N) is 4. The normalized spacial score (nSPS) is 13.8. The van der Waals surface area contributed by atoms with Crippen molar-refractivity contribution in [3.8, 4) is 0 Å². The van der Waals surface area contributed by atoms with E-state index in [1.165, 1.54) is 23.9 Å². The van der Waals surface area contributed by atoms with Gasteiger partial charge >= 0.3 is 0 Å². The predicted octanol–water partition coefficient (Wildman–Crippen LogP) is 5.13. The molecule has 1 aliphatic rings. The van der Waals surface area contributed by atoms with Gasteiger partial charge in [-0.15, -0.1) is 0 Å². The van der Waals surface area contributed by atoms with Crippen molar-refractivity contribution >= 4 is 51.3 Å². The molecule has 3 aromatic carbocycles. The van der Waals surface area contributed by atoms with Gasteiger partial charge in [0, 0.05) is 60.4 Å². The first-order valence-electron chi connectivity index (χ1n) is 12.1. The molecule has 9 heteroatoms. The highest BCUT2D eigenvalue weighted by Gasteiger charge is 2.15. The van der Waals surface area contributed by atoms with E-state index in [9.17, 15) is 9.18 Å². The van der Waals surface area contributed by atoms with E-state index in [1.807, 2.05) is 24.3 Å². The van der Waals surface area contributed by atoms with Gasteiger partial charge in [-0.25, -0.2) is 9.37 Å². The Morgan fingerprint density at radius 3 is 2.43 bits per heavy atom. The number of carbonyl (C=O) groups is 1. The summed E-state index contributed by atoms with van der Waals surface area (Å²) in [5.74, 6) is 0.164. The van der Waals surface area contributed by atoms with Crippen LogP contribution in [0.1, 0.15) is 0 Å². The number of anilines is 6. The van der Waals surface area contributed by atoms with Crippen molar-refractivity contribution in [1.29, 1.82) is 0 Å². The molecule has 3 N–H and O–H groups in total.